The van der Waals surface area contributed by atoms with Crippen LogP contribution >= 0.6 is 11.6 Å². The fourth-order valence-corrected chi connectivity index (χ4v) is 5.69. The summed E-state index contributed by atoms with van der Waals surface area (Å²) in [6.45, 7) is 7.36. The highest BCUT2D eigenvalue weighted by molar-refractivity contribution is 6.30. The molecule has 4 saturated heterocycles. The lowest BCUT2D eigenvalue weighted by Crippen LogP contribution is -2.75. The Hall–Kier alpha value is -1.69. The molecule has 4 fully saturated rings. The van der Waals surface area contributed by atoms with Gasteiger partial charge in [-0.15, -0.1) is 0 Å². The first-order valence-electron chi connectivity index (χ1n) is 9.00. The van der Waals surface area contributed by atoms with E-state index in [9.17, 15) is 4.79 Å². The van der Waals surface area contributed by atoms with Crippen molar-refractivity contribution in [2.45, 2.75) is 20.0 Å². The van der Waals surface area contributed by atoms with Gasteiger partial charge >= 0.3 is 0 Å². The number of ketones is 1. The van der Waals surface area contributed by atoms with Crippen LogP contribution in [0.3, 0.4) is 0 Å². The second kappa shape index (κ2) is 5.18. The van der Waals surface area contributed by atoms with Crippen molar-refractivity contribution in [3.05, 3.63) is 35.0 Å². The summed E-state index contributed by atoms with van der Waals surface area (Å²) in [7, 11) is 1.67. The van der Waals surface area contributed by atoms with Crippen molar-refractivity contribution in [1.29, 1.82) is 0 Å². The molecule has 0 amide bonds. The van der Waals surface area contributed by atoms with Crippen LogP contribution in [0.4, 0.5) is 0 Å². The van der Waals surface area contributed by atoms with E-state index in [0.717, 1.165) is 48.4 Å². The summed E-state index contributed by atoms with van der Waals surface area (Å²) >= 11 is 6.60. The topological polar surface area (TPSA) is 45.7 Å². The lowest BCUT2D eigenvalue weighted by atomic mass is 9.62. The molecule has 1 aromatic heterocycles. The minimum atomic E-state index is -0.276. The summed E-state index contributed by atoms with van der Waals surface area (Å²) in [4.78, 5) is 22.3. The molecule has 0 atom stereocenters. The van der Waals surface area contributed by atoms with Gasteiger partial charge < -0.3 is 4.74 Å². The molecule has 4 aliphatic rings. The average molecular weight is 372 g/mol. The van der Waals surface area contributed by atoms with Crippen LogP contribution in [0.15, 0.2) is 24.3 Å². The highest BCUT2D eigenvalue weighted by Gasteiger charge is 2.62. The normalized spacial score (nSPS) is 38.2. The molecule has 2 aromatic rings. The van der Waals surface area contributed by atoms with Gasteiger partial charge in [0.2, 0.25) is 0 Å². The number of ether oxygens (including phenoxy) is 1. The highest BCUT2D eigenvalue weighted by Crippen LogP contribution is 2.52. The Kier molecular flexibility index (Phi) is 3.29. The average Bonchev–Trinajstić information content (AvgIpc) is 2.58. The van der Waals surface area contributed by atoms with Crippen molar-refractivity contribution in [2.24, 2.45) is 10.8 Å². The summed E-state index contributed by atoms with van der Waals surface area (Å²) in [5.74, 6) is 1.23. The van der Waals surface area contributed by atoms with E-state index in [1.54, 1.807) is 7.11 Å². The van der Waals surface area contributed by atoms with Crippen molar-refractivity contribution in [1.82, 2.24) is 14.8 Å². The number of hydrogen-bond acceptors (Lipinski definition) is 5. The third-order valence-corrected chi connectivity index (χ3v) is 6.58. The van der Waals surface area contributed by atoms with Crippen LogP contribution in [-0.2, 0) is 4.79 Å². The number of carbonyl (C=O) groups excluding carboxylic acids is 1. The molecule has 5 heterocycles. The van der Waals surface area contributed by atoms with E-state index in [2.05, 4.69) is 34.7 Å². The van der Waals surface area contributed by atoms with Crippen LogP contribution in [0.1, 0.15) is 25.6 Å². The van der Waals surface area contributed by atoms with Crippen LogP contribution in [0.25, 0.3) is 10.9 Å². The number of piperidine rings is 2. The molecule has 0 N–H and O–H groups in total. The number of pyridine rings is 1. The maximum atomic E-state index is 12.9. The van der Waals surface area contributed by atoms with Crippen LogP contribution < -0.4 is 4.74 Å². The van der Waals surface area contributed by atoms with Crippen LogP contribution in [0, 0.1) is 10.8 Å². The number of fused-ring (bicyclic) bond motifs is 1. The van der Waals surface area contributed by atoms with E-state index < -0.39 is 0 Å². The lowest BCUT2D eigenvalue weighted by Gasteiger charge is -2.64. The van der Waals surface area contributed by atoms with Gasteiger partial charge in [0, 0.05) is 37.1 Å². The maximum Gasteiger partial charge on any atom is 0.149 e. The largest absolute Gasteiger partial charge is 0.497 e. The van der Waals surface area contributed by atoms with Gasteiger partial charge in [-0.05, 0) is 24.3 Å². The fourth-order valence-electron chi connectivity index (χ4n) is 5.45. The van der Waals surface area contributed by atoms with Gasteiger partial charge in [0.15, 0.2) is 0 Å². The summed E-state index contributed by atoms with van der Waals surface area (Å²) < 4.78 is 5.35. The molecule has 4 aliphatic heterocycles. The van der Waals surface area contributed by atoms with Crippen molar-refractivity contribution in [3.8, 4) is 5.75 Å². The van der Waals surface area contributed by atoms with E-state index in [4.69, 9.17) is 16.3 Å². The number of Topliss-reactive ketones (excluding diaryl/α,β-unsaturated/α-hetero) is 1. The molecule has 0 unspecified atom stereocenters. The van der Waals surface area contributed by atoms with Gasteiger partial charge in [-0.3, -0.25) is 14.6 Å². The summed E-state index contributed by atoms with van der Waals surface area (Å²) in [6, 6.07) is 7.96. The standard InChI is InChI=1S/C20H22ClN3O2/c1-19-8-23-10-20(2,18(19)25)11-24(9-19)17(23)14-7-12-6-13(26-3)4-5-15(12)22-16(14)21/h4-7,17H,8-11H2,1-3H3. The van der Waals surface area contributed by atoms with E-state index in [0.29, 0.717) is 10.9 Å². The third-order valence-electron chi connectivity index (χ3n) is 6.28. The second-order valence-electron chi connectivity index (χ2n) is 8.56. The molecule has 1 aromatic carbocycles. The number of carbonyl (C=O) groups is 1. The smallest absolute Gasteiger partial charge is 0.149 e. The molecular weight excluding hydrogens is 350 g/mol. The number of halogens is 1. The minimum Gasteiger partial charge on any atom is -0.497 e. The molecule has 6 rings (SSSR count). The van der Waals surface area contributed by atoms with Crippen molar-refractivity contribution in [3.63, 3.8) is 0 Å². The number of hydrogen-bond donors (Lipinski definition) is 0. The van der Waals surface area contributed by atoms with Gasteiger partial charge in [-0.25, -0.2) is 4.98 Å². The van der Waals surface area contributed by atoms with Crippen LogP contribution in [-0.4, -0.2) is 53.9 Å². The molecule has 0 radical (unpaired) electrons. The van der Waals surface area contributed by atoms with Gasteiger partial charge in [0.25, 0.3) is 0 Å². The van der Waals surface area contributed by atoms with Gasteiger partial charge in [0.05, 0.1) is 29.6 Å². The molecular formula is C20H22ClN3O2. The zero-order valence-corrected chi connectivity index (χ0v) is 16.0. The molecule has 5 nitrogen and oxygen atoms in total. The lowest BCUT2D eigenvalue weighted by molar-refractivity contribution is -0.197. The third kappa shape index (κ3) is 2.11. The molecule has 0 saturated carbocycles. The maximum absolute atomic E-state index is 12.9. The molecule has 0 spiro atoms. The monoisotopic (exact) mass is 371 g/mol. The van der Waals surface area contributed by atoms with Crippen molar-refractivity contribution >= 4 is 28.3 Å². The number of nitrogens with zero attached hydrogens (tertiary/aromatic N) is 3. The Morgan fingerprint density at radius 1 is 1.12 bits per heavy atom. The Balaban J connectivity index is 1.61. The predicted molar refractivity (Wildman–Crippen MR) is 100 cm³/mol. The first-order valence-corrected chi connectivity index (χ1v) is 9.38. The van der Waals surface area contributed by atoms with Crippen molar-refractivity contribution in [2.75, 3.05) is 33.3 Å². The zero-order valence-electron chi connectivity index (χ0n) is 15.3. The second-order valence-corrected chi connectivity index (χ2v) is 8.92. The number of rotatable bonds is 2. The Bertz CT molecular complexity index is 904. The SMILES string of the molecule is COc1ccc2nc(Cl)c(C3N4CC5(C)CN3CC(C)(C4)C5=O)cc2c1. The molecule has 4 bridgehead atoms. The molecule has 136 valence electrons. The first-order chi connectivity index (χ1) is 12.3. The molecule has 26 heavy (non-hydrogen) atoms. The first kappa shape index (κ1) is 16.5. The van der Waals surface area contributed by atoms with E-state index in [1.165, 1.54) is 0 Å². The van der Waals surface area contributed by atoms with Crippen LogP contribution in [0.2, 0.25) is 5.15 Å². The molecule has 0 aliphatic carbocycles. The quantitative estimate of drug-likeness (QED) is 0.759. The zero-order chi connectivity index (χ0) is 18.3. The predicted octanol–water partition coefficient (Wildman–Crippen LogP) is 3.12. The Labute approximate surface area is 157 Å². The number of benzene rings is 1. The summed E-state index contributed by atoms with van der Waals surface area (Å²) in [5.41, 5.74) is 1.33. The summed E-state index contributed by atoms with van der Waals surface area (Å²) in [6.07, 6.45) is 0.0832. The van der Waals surface area contributed by atoms with Gasteiger partial charge in [-0.1, -0.05) is 25.4 Å². The summed E-state index contributed by atoms with van der Waals surface area (Å²) in [5, 5.41) is 1.57. The fraction of sp³-hybridized carbons (Fsp3) is 0.500. The van der Waals surface area contributed by atoms with Crippen LogP contribution in [0.5, 0.6) is 5.75 Å². The van der Waals surface area contributed by atoms with E-state index in [1.807, 2.05) is 18.2 Å². The Morgan fingerprint density at radius 2 is 1.73 bits per heavy atom. The van der Waals surface area contributed by atoms with Crippen molar-refractivity contribution < 1.29 is 9.53 Å². The number of methoxy groups -OCH3 is 1. The number of aromatic nitrogens is 1. The highest BCUT2D eigenvalue weighted by atomic mass is 35.5. The van der Waals surface area contributed by atoms with Gasteiger partial charge in [-0.2, -0.15) is 0 Å². The van der Waals surface area contributed by atoms with E-state index >= 15 is 0 Å². The Morgan fingerprint density at radius 3 is 2.31 bits per heavy atom. The van der Waals surface area contributed by atoms with Gasteiger partial charge in [0.1, 0.15) is 16.7 Å². The minimum absolute atomic E-state index is 0.0832. The molecule has 6 heteroatoms. The van der Waals surface area contributed by atoms with E-state index in [-0.39, 0.29) is 17.0 Å².